The highest BCUT2D eigenvalue weighted by atomic mass is 16.2. The second-order valence-electron chi connectivity index (χ2n) is 9.18. The number of para-hydroxylation sites is 1. The molecule has 0 radical (unpaired) electrons. The number of nitrogen functional groups attached to an aromatic ring is 1. The lowest BCUT2D eigenvalue weighted by molar-refractivity contribution is -0.115. The fourth-order valence-electron chi connectivity index (χ4n) is 4.46. The van der Waals surface area contributed by atoms with Crippen LogP contribution in [0.25, 0.3) is 11.7 Å². The standard InChI is InChI=1S/C24H27N9O2/c25-18-4-2-1-3-15(18)14-31-7-9-32(10-8-31)20-12-21(27-17-5-6-17)33-22(29-20)16(13-26-33)11-19-23(34)30-24(35)28-19/h1-4,11-13,17,27H,5-10,14,25H2,(H2,28,30,34,35)/b19-11-. The van der Waals surface area contributed by atoms with Gasteiger partial charge < -0.3 is 21.3 Å². The molecular formula is C24H27N9O2. The van der Waals surface area contributed by atoms with Crippen LogP contribution >= 0.6 is 0 Å². The zero-order valence-electron chi connectivity index (χ0n) is 19.2. The summed E-state index contributed by atoms with van der Waals surface area (Å²) in [6.07, 6.45) is 5.54. The van der Waals surface area contributed by atoms with Gasteiger partial charge in [-0.2, -0.15) is 9.61 Å². The normalized spacial score (nSPS) is 19.9. The second-order valence-corrected chi connectivity index (χ2v) is 9.18. The Morgan fingerprint density at radius 3 is 2.63 bits per heavy atom. The third-order valence-electron chi connectivity index (χ3n) is 6.58. The number of hydrogen-bond acceptors (Lipinski definition) is 8. The summed E-state index contributed by atoms with van der Waals surface area (Å²) in [5.41, 5.74) is 9.59. The number of carbonyl (C=O) groups excluding carboxylic acids is 2. The minimum Gasteiger partial charge on any atom is -0.398 e. The highest BCUT2D eigenvalue weighted by Crippen LogP contribution is 2.29. The van der Waals surface area contributed by atoms with Crippen LogP contribution in [0.1, 0.15) is 24.0 Å². The van der Waals surface area contributed by atoms with Crippen LogP contribution in [-0.4, -0.2) is 63.7 Å². The number of rotatable bonds is 6. The maximum Gasteiger partial charge on any atom is 0.326 e. The SMILES string of the molecule is Nc1ccccc1CN1CCN(c2cc(NC3CC3)n3ncc(/C=C4\NC(=O)NC4=O)c3n2)CC1. The Hall–Kier alpha value is -4.12. The number of nitrogens with two attached hydrogens (primary N) is 1. The maximum atomic E-state index is 12.0. The fourth-order valence-corrected chi connectivity index (χ4v) is 4.46. The van der Waals surface area contributed by atoms with Gasteiger partial charge in [0.05, 0.1) is 6.20 Å². The van der Waals surface area contributed by atoms with Crippen LogP contribution in [0.5, 0.6) is 0 Å². The molecule has 5 N–H and O–H groups in total. The molecule has 1 aromatic carbocycles. The zero-order valence-corrected chi connectivity index (χ0v) is 19.2. The minimum atomic E-state index is -0.530. The van der Waals surface area contributed by atoms with Gasteiger partial charge >= 0.3 is 6.03 Å². The summed E-state index contributed by atoms with van der Waals surface area (Å²) in [5.74, 6) is 1.27. The highest BCUT2D eigenvalue weighted by Gasteiger charge is 2.27. The first-order valence-corrected chi connectivity index (χ1v) is 11.8. The quantitative estimate of drug-likeness (QED) is 0.240. The van der Waals surface area contributed by atoms with Crippen molar-refractivity contribution >= 4 is 41.0 Å². The molecule has 3 aliphatic rings. The number of anilines is 3. The van der Waals surface area contributed by atoms with Crippen LogP contribution in [0.4, 0.5) is 22.1 Å². The van der Waals surface area contributed by atoms with E-state index in [1.165, 1.54) is 0 Å². The van der Waals surface area contributed by atoms with Gasteiger partial charge in [0.15, 0.2) is 5.65 Å². The van der Waals surface area contributed by atoms with E-state index in [9.17, 15) is 9.59 Å². The van der Waals surface area contributed by atoms with Gasteiger partial charge in [0, 0.05) is 56.1 Å². The van der Waals surface area contributed by atoms with Crippen molar-refractivity contribution in [3.63, 3.8) is 0 Å². The summed E-state index contributed by atoms with van der Waals surface area (Å²) in [5, 5.41) is 12.8. The number of benzene rings is 1. The minimum absolute atomic E-state index is 0.183. The molecule has 0 bridgehead atoms. The number of nitrogens with zero attached hydrogens (tertiary/aromatic N) is 5. The Morgan fingerprint density at radius 2 is 1.91 bits per heavy atom. The van der Waals surface area contributed by atoms with Crippen molar-refractivity contribution < 1.29 is 9.59 Å². The Labute approximate surface area is 202 Å². The van der Waals surface area contributed by atoms with Crippen LogP contribution in [0.2, 0.25) is 0 Å². The number of aromatic nitrogens is 3. The molecule has 6 rings (SSSR count). The molecule has 4 heterocycles. The molecule has 3 aromatic rings. The topological polar surface area (TPSA) is 133 Å². The summed E-state index contributed by atoms with van der Waals surface area (Å²) < 4.78 is 1.76. The van der Waals surface area contributed by atoms with E-state index >= 15 is 0 Å². The predicted molar refractivity (Wildman–Crippen MR) is 133 cm³/mol. The van der Waals surface area contributed by atoms with Crippen LogP contribution in [0, 0.1) is 0 Å². The molecule has 3 amide bonds. The van der Waals surface area contributed by atoms with Gasteiger partial charge in [-0.3, -0.25) is 15.0 Å². The smallest absolute Gasteiger partial charge is 0.326 e. The number of urea groups is 1. The highest BCUT2D eigenvalue weighted by molar-refractivity contribution is 6.14. The predicted octanol–water partition coefficient (Wildman–Crippen LogP) is 1.39. The lowest BCUT2D eigenvalue weighted by Crippen LogP contribution is -2.46. The number of piperazine rings is 1. The maximum absolute atomic E-state index is 12.0. The van der Waals surface area contributed by atoms with E-state index in [1.54, 1.807) is 16.8 Å². The first-order valence-electron chi connectivity index (χ1n) is 11.8. The molecule has 2 aliphatic heterocycles. The van der Waals surface area contributed by atoms with E-state index in [0.29, 0.717) is 17.3 Å². The van der Waals surface area contributed by atoms with Crippen molar-refractivity contribution in [2.24, 2.45) is 0 Å². The monoisotopic (exact) mass is 473 g/mol. The molecule has 35 heavy (non-hydrogen) atoms. The number of imide groups is 1. The molecule has 11 heteroatoms. The first-order chi connectivity index (χ1) is 17.0. The van der Waals surface area contributed by atoms with Gasteiger partial charge in [-0.15, -0.1) is 0 Å². The van der Waals surface area contributed by atoms with Crippen molar-refractivity contribution in [2.45, 2.75) is 25.4 Å². The first kappa shape index (κ1) is 21.4. The average Bonchev–Trinajstić information content (AvgIpc) is 3.49. The van der Waals surface area contributed by atoms with E-state index in [4.69, 9.17) is 10.7 Å². The van der Waals surface area contributed by atoms with Crippen molar-refractivity contribution in [1.29, 1.82) is 0 Å². The summed E-state index contributed by atoms with van der Waals surface area (Å²) in [6.45, 7) is 4.29. The Kier molecular flexibility index (Phi) is 5.25. The molecule has 0 spiro atoms. The van der Waals surface area contributed by atoms with Gasteiger partial charge in [-0.05, 0) is 30.5 Å². The van der Waals surface area contributed by atoms with Crippen molar-refractivity contribution in [2.75, 3.05) is 42.1 Å². The Morgan fingerprint density at radius 1 is 1.11 bits per heavy atom. The molecule has 11 nitrogen and oxygen atoms in total. The second kappa shape index (κ2) is 8.58. The van der Waals surface area contributed by atoms with E-state index < -0.39 is 11.9 Å². The van der Waals surface area contributed by atoms with Crippen LogP contribution in [0.15, 0.2) is 42.2 Å². The number of hydrogen-bond donors (Lipinski definition) is 4. The molecule has 2 saturated heterocycles. The fraction of sp³-hybridized carbons (Fsp3) is 0.333. The van der Waals surface area contributed by atoms with E-state index in [-0.39, 0.29) is 5.70 Å². The third kappa shape index (κ3) is 4.37. The molecule has 2 aromatic heterocycles. The third-order valence-corrected chi connectivity index (χ3v) is 6.58. The van der Waals surface area contributed by atoms with Gasteiger partial charge in [0.2, 0.25) is 0 Å². The van der Waals surface area contributed by atoms with Crippen molar-refractivity contribution in [3.8, 4) is 0 Å². The molecule has 3 fully saturated rings. The number of carbonyl (C=O) groups is 2. The van der Waals surface area contributed by atoms with Crippen molar-refractivity contribution in [1.82, 2.24) is 30.1 Å². The van der Waals surface area contributed by atoms with Gasteiger partial charge in [0.25, 0.3) is 5.91 Å². The molecular weight excluding hydrogens is 446 g/mol. The molecule has 0 atom stereocenters. The summed E-state index contributed by atoms with van der Waals surface area (Å²) in [6, 6.07) is 9.96. The summed E-state index contributed by atoms with van der Waals surface area (Å²) >= 11 is 0. The summed E-state index contributed by atoms with van der Waals surface area (Å²) in [7, 11) is 0. The molecule has 180 valence electrons. The zero-order chi connectivity index (χ0) is 23.9. The Balaban J connectivity index is 1.26. The van der Waals surface area contributed by atoms with Gasteiger partial charge in [-0.25, -0.2) is 9.78 Å². The van der Waals surface area contributed by atoms with E-state index in [1.807, 2.05) is 24.3 Å². The Bertz CT molecular complexity index is 1340. The van der Waals surface area contributed by atoms with E-state index in [0.717, 1.165) is 68.5 Å². The van der Waals surface area contributed by atoms with Crippen LogP contribution in [0.3, 0.4) is 0 Å². The van der Waals surface area contributed by atoms with Gasteiger partial charge in [0.1, 0.15) is 17.3 Å². The lowest BCUT2D eigenvalue weighted by Gasteiger charge is -2.35. The molecule has 0 unspecified atom stereocenters. The summed E-state index contributed by atoms with van der Waals surface area (Å²) in [4.78, 5) is 33.1. The molecule has 1 saturated carbocycles. The lowest BCUT2D eigenvalue weighted by atomic mass is 10.1. The van der Waals surface area contributed by atoms with Crippen molar-refractivity contribution in [3.05, 3.63) is 53.4 Å². The number of nitrogens with one attached hydrogen (secondary N) is 3. The van der Waals surface area contributed by atoms with Crippen LogP contribution in [-0.2, 0) is 11.3 Å². The van der Waals surface area contributed by atoms with E-state index in [2.05, 4.69) is 36.9 Å². The number of fused-ring (bicyclic) bond motifs is 1. The molecule has 1 aliphatic carbocycles. The van der Waals surface area contributed by atoms with Crippen LogP contribution < -0.4 is 26.6 Å². The number of amides is 3. The largest absolute Gasteiger partial charge is 0.398 e. The average molecular weight is 474 g/mol. The van der Waals surface area contributed by atoms with Gasteiger partial charge in [-0.1, -0.05) is 18.2 Å².